The zero-order valence-corrected chi connectivity index (χ0v) is 18.6. The number of imidazole rings is 2. The number of fused-ring (bicyclic) bond motifs is 8. The standard InChI is InChI=1S/C29H18N6/c1-2-8-22-19(7-1)13-18-24-28(22)32-35(31-24)21-16-14-20(15-17-21)33-26-11-5-6-12-27(26)34-25-10-4-3-9-23(25)30-29(33)34/h1-18H. The van der Waals surface area contributed by atoms with Gasteiger partial charge in [-0.1, -0.05) is 54.6 Å². The van der Waals surface area contributed by atoms with Crippen molar-refractivity contribution in [3.8, 4) is 11.4 Å². The molecule has 0 saturated carbocycles. The van der Waals surface area contributed by atoms with Crippen molar-refractivity contribution in [2.75, 3.05) is 0 Å². The second-order valence-electron chi connectivity index (χ2n) is 8.72. The maximum absolute atomic E-state index is 4.96. The van der Waals surface area contributed by atoms with E-state index in [0.717, 1.165) is 61.0 Å². The topological polar surface area (TPSA) is 52.9 Å². The highest BCUT2D eigenvalue weighted by Gasteiger charge is 2.17. The van der Waals surface area contributed by atoms with E-state index in [0.29, 0.717) is 0 Å². The summed E-state index contributed by atoms with van der Waals surface area (Å²) in [7, 11) is 0. The third-order valence-electron chi connectivity index (χ3n) is 6.72. The molecular formula is C29H18N6. The Hall–Kier alpha value is -4.97. The van der Waals surface area contributed by atoms with Crippen LogP contribution in [0.25, 0.3) is 61.0 Å². The Labute approximate surface area is 199 Å². The van der Waals surface area contributed by atoms with Crippen molar-refractivity contribution in [1.29, 1.82) is 0 Å². The number of benzene rings is 5. The van der Waals surface area contributed by atoms with Crippen LogP contribution >= 0.6 is 0 Å². The smallest absolute Gasteiger partial charge is 0.220 e. The molecule has 0 radical (unpaired) electrons. The van der Waals surface area contributed by atoms with Gasteiger partial charge >= 0.3 is 0 Å². The minimum Gasteiger partial charge on any atom is -0.278 e. The summed E-state index contributed by atoms with van der Waals surface area (Å²) in [5.41, 5.74) is 8.08. The minimum absolute atomic E-state index is 0.884. The van der Waals surface area contributed by atoms with Crippen LogP contribution in [0, 0.1) is 0 Å². The maximum atomic E-state index is 4.96. The molecule has 0 spiro atoms. The van der Waals surface area contributed by atoms with Gasteiger partial charge in [-0.2, -0.15) is 4.80 Å². The summed E-state index contributed by atoms with van der Waals surface area (Å²) in [5, 5.41) is 11.8. The van der Waals surface area contributed by atoms with Gasteiger partial charge in [0.25, 0.3) is 0 Å². The van der Waals surface area contributed by atoms with Crippen molar-refractivity contribution in [3.05, 3.63) is 109 Å². The van der Waals surface area contributed by atoms with Crippen molar-refractivity contribution in [1.82, 2.24) is 28.9 Å². The van der Waals surface area contributed by atoms with Crippen LogP contribution in [0.3, 0.4) is 0 Å². The number of para-hydroxylation sites is 4. The van der Waals surface area contributed by atoms with E-state index in [1.54, 1.807) is 4.80 Å². The summed E-state index contributed by atoms with van der Waals surface area (Å²) in [5.74, 6) is 0.898. The highest BCUT2D eigenvalue weighted by molar-refractivity contribution is 6.03. The first-order valence-corrected chi connectivity index (χ1v) is 11.6. The van der Waals surface area contributed by atoms with Crippen molar-refractivity contribution in [2.24, 2.45) is 0 Å². The molecule has 0 saturated heterocycles. The minimum atomic E-state index is 0.884. The SMILES string of the molecule is c1ccc2c(c1)ccc1nn(-c3ccc(-n4c5ccccc5n5c6ccccc6nc45)cc3)nc12. The molecule has 164 valence electrons. The zero-order chi connectivity index (χ0) is 22.9. The molecule has 0 aliphatic rings. The van der Waals surface area contributed by atoms with Crippen molar-refractivity contribution in [3.63, 3.8) is 0 Å². The molecule has 6 nitrogen and oxygen atoms in total. The Balaban J connectivity index is 1.31. The molecule has 0 aliphatic carbocycles. The van der Waals surface area contributed by atoms with E-state index in [4.69, 9.17) is 15.2 Å². The average molecular weight is 451 g/mol. The molecule has 3 aromatic heterocycles. The second-order valence-corrected chi connectivity index (χ2v) is 8.72. The molecule has 0 aliphatic heterocycles. The fraction of sp³-hybridized carbons (Fsp3) is 0. The molecule has 0 fully saturated rings. The summed E-state index contributed by atoms with van der Waals surface area (Å²) < 4.78 is 4.44. The van der Waals surface area contributed by atoms with Gasteiger partial charge < -0.3 is 0 Å². The molecule has 5 aromatic carbocycles. The van der Waals surface area contributed by atoms with Gasteiger partial charge in [-0.15, -0.1) is 10.2 Å². The Kier molecular flexibility index (Phi) is 3.57. The van der Waals surface area contributed by atoms with Gasteiger partial charge in [-0.3, -0.25) is 8.97 Å². The Morgan fingerprint density at radius 3 is 2.11 bits per heavy atom. The van der Waals surface area contributed by atoms with Gasteiger partial charge in [0, 0.05) is 11.1 Å². The van der Waals surface area contributed by atoms with Gasteiger partial charge in [0.05, 0.1) is 27.8 Å². The number of hydrogen-bond acceptors (Lipinski definition) is 3. The third kappa shape index (κ3) is 2.56. The van der Waals surface area contributed by atoms with Gasteiger partial charge in [-0.25, -0.2) is 4.98 Å². The van der Waals surface area contributed by atoms with E-state index in [9.17, 15) is 0 Å². The molecule has 0 bridgehead atoms. The molecule has 3 heterocycles. The lowest BCUT2D eigenvalue weighted by molar-refractivity contribution is 0.766. The lowest BCUT2D eigenvalue weighted by Gasteiger charge is -2.06. The van der Waals surface area contributed by atoms with Crippen LogP contribution in [0.4, 0.5) is 0 Å². The lowest BCUT2D eigenvalue weighted by atomic mass is 10.1. The Bertz CT molecular complexity index is 2060. The maximum Gasteiger partial charge on any atom is 0.220 e. The van der Waals surface area contributed by atoms with Crippen LogP contribution in [0.5, 0.6) is 0 Å². The van der Waals surface area contributed by atoms with Gasteiger partial charge in [0.15, 0.2) is 0 Å². The molecule has 0 N–H and O–H groups in total. The van der Waals surface area contributed by atoms with E-state index in [1.165, 1.54) is 0 Å². The highest BCUT2D eigenvalue weighted by atomic mass is 15.5. The third-order valence-corrected chi connectivity index (χ3v) is 6.72. The van der Waals surface area contributed by atoms with Crippen LogP contribution in [0.2, 0.25) is 0 Å². The fourth-order valence-electron chi connectivity index (χ4n) is 5.10. The van der Waals surface area contributed by atoms with Crippen LogP contribution in [0.1, 0.15) is 0 Å². The number of hydrogen-bond donors (Lipinski definition) is 0. The first kappa shape index (κ1) is 18.5. The molecule has 0 amide bonds. The van der Waals surface area contributed by atoms with Crippen molar-refractivity contribution < 1.29 is 0 Å². The molecule has 8 aromatic rings. The van der Waals surface area contributed by atoms with E-state index in [2.05, 4.69) is 93.9 Å². The summed E-state index contributed by atoms with van der Waals surface area (Å²) in [6, 6.07) is 37.4. The monoisotopic (exact) mass is 450 g/mol. The second kappa shape index (κ2) is 6.77. The van der Waals surface area contributed by atoms with E-state index >= 15 is 0 Å². The largest absolute Gasteiger partial charge is 0.278 e. The van der Waals surface area contributed by atoms with Crippen LogP contribution in [0.15, 0.2) is 109 Å². The average Bonchev–Trinajstić information content (AvgIpc) is 3.60. The number of aromatic nitrogens is 6. The van der Waals surface area contributed by atoms with Gasteiger partial charge in [-0.05, 0) is 60.0 Å². The molecule has 6 heteroatoms. The van der Waals surface area contributed by atoms with E-state index in [1.807, 2.05) is 24.3 Å². The summed E-state index contributed by atoms with van der Waals surface area (Å²) in [6.07, 6.45) is 0. The Morgan fingerprint density at radius 1 is 0.514 bits per heavy atom. The molecular weight excluding hydrogens is 432 g/mol. The highest BCUT2D eigenvalue weighted by Crippen LogP contribution is 2.29. The predicted molar refractivity (Wildman–Crippen MR) is 139 cm³/mol. The molecule has 0 unspecified atom stereocenters. The molecule has 8 rings (SSSR count). The zero-order valence-electron chi connectivity index (χ0n) is 18.6. The first-order chi connectivity index (χ1) is 17.3. The summed E-state index contributed by atoms with van der Waals surface area (Å²) in [6.45, 7) is 0. The molecule has 35 heavy (non-hydrogen) atoms. The predicted octanol–water partition coefficient (Wildman–Crippen LogP) is 6.32. The van der Waals surface area contributed by atoms with Crippen molar-refractivity contribution in [2.45, 2.75) is 0 Å². The van der Waals surface area contributed by atoms with E-state index < -0.39 is 0 Å². The van der Waals surface area contributed by atoms with Gasteiger partial charge in [0.2, 0.25) is 5.78 Å². The van der Waals surface area contributed by atoms with Crippen LogP contribution in [-0.2, 0) is 0 Å². The lowest BCUT2D eigenvalue weighted by Crippen LogP contribution is -2.00. The number of rotatable bonds is 2. The van der Waals surface area contributed by atoms with Crippen LogP contribution < -0.4 is 0 Å². The van der Waals surface area contributed by atoms with Gasteiger partial charge in [0.1, 0.15) is 11.0 Å². The molecule has 0 atom stereocenters. The van der Waals surface area contributed by atoms with E-state index in [-0.39, 0.29) is 0 Å². The Morgan fingerprint density at radius 2 is 1.23 bits per heavy atom. The van der Waals surface area contributed by atoms with Crippen LogP contribution in [-0.4, -0.2) is 28.9 Å². The van der Waals surface area contributed by atoms with Crippen molar-refractivity contribution >= 4 is 49.7 Å². The quantitative estimate of drug-likeness (QED) is 0.310. The normalized spacial score (nSPS) is 12.0. The number of nitrogens with zero attached hydrogens (tertiary/aromatic N) is 6. The summed E-state index contributed by atoms with van der Waals surface area (Å²) >= 11 is 0. The summed E-state index contributed by atoms with van der Waals surface area (Å²) in [4.78, 5) is 6.68. The fourth-order valence-corrected chi connectivity index (χ4v) is 5.10. The first-order valence-electron chi connectivity index (χ1n) is 11.6.